The number of rotatable bonds is 5. The van der Waals surface area contributed by atoms with Gasteiger partial charge in [-0.15, -0.1) is 0 Å². The molecule has 1 aliphatic heterocycles. The van der Waals surface area contributed by atoms with E-state index in [1.54, 1.807) is 31.0 Å². The van der Waals surface area contributed by atoms with Gasteiger partial charge in [0.15, 0.2) is 5.11 Å². The lowest BCUT2D eigenvalue weighted by Gasteiger charge is -2.35. The highest BCUT2D eigenvalue weighted by molar-refractivity contribution is 7.80. The normalized spacial score (nSPS) is 16.2. The molecule has 0 bridgehead atoms. The standard InChI is InChI=1S/C23H25N3O3S/c1-5-29-22(28)19-15(3)26(4)23(30)25-20(19)17-7-6-8-18(13-17)24-21(27)16-11-9-14(2)10-12-16/h6-13,20H,5H2,1-4H3,(H,24,27)(H,25,30)/t20-/m0/s1. The summed E-state index contributed by atoms with van der Waals surface area (Å²) in [5.74, 6) is -0.590. The number of thiocarbonyl (C=S) groups is 1. The molecule has 3 rings (SSSR count). The SMILES string of the molecule is CCOC(=O)C1=C(C)N(C)C(=S)N[C@H]1c1cccc(NC(=O)c2ccc(C)cc2)c1. The highest BCUT2D eigenvalue weighted by Gasteiger charge is 2.33. The number of hydrogen-bond acceptors (Lipinski definition) is 4. The summed E-state index contributed by atoms with van der Waals surface area (Å²) in [5.41, 5.74) is 4.32. The van der Waals surface area contributed by atoms with E-state index in [1.165, 1.54) is 0 Å². The van der Waals surface area contributed by atoms with Gasteiger partial charge in [-0.2, -0.15) is 0 Å². The van der Waals surface area contributed by atoms with Crippen molar-refractivity contribution in [3.63, 3.8) is 0 Å². The molecule has 2 aromatic carbocycles. The van der Waals surface area contributed by atoms with Gasteiger partial charge in [0, 0.05) is 24.0 Å². The lowest BCUT2D eigenvalue weighted by molar-refractivity contribution is -0.139. The minimum Gasteiger partial charge on any atom is -0.463 e. The van der Waals surface area contributed by atoms with Gasteiger partial charge in [-0.05, 0) is 62.8 Å². The molecule has 7 heteroatoms. The first-order valence-electron chi connectivity index (χ1n) is 9.72. The average molecular weight is 424 g/mol. The van der Waals surface area contributed by atoms with E-state index in [4.69, 9.17) is 17.0 Å². The van der Waals surface area contributed by atoms with Gasteiger partial charge in [0.1, 0.15) is 0 Å². The number of amides is 1. The Hall–Kier alpha value is -3.19. The Kier molecular flexibility index (Phi) is 6.52. The van der Waals surface area contributed by atoms with E-state index in [1.807, 2.05) is 50.2 Å². The number of esters is 1. The zero-order valence-corrected chi connectivity index (χ0v) is 18.3. The van der Waals surface area contributed by atoms with E-state index in [2.05, 4.69) is 10.6 Å². The van der Waals surface area contributed by atoms with Gasteiger partial charge in [0.25, 0.3) is 5.91 Å². The third-order valence-corrected chi connectivity index (χ3v) is 5.43. The second-order valence-corrected chi connectivity index (χ2v) is 7.49. The Morgan fingerprint density at radius 1 is 1.17 bits per heavy atom. The maximum atomic E-state index is 12.7. The minimum atomic E-state index is -0.469. The predicted octanol–water partition coefficient (Wildman–Crippen LogP) is 3.95. The molecule has 1 amide bonds. The molecule has 156 valence electrons. The van der Waals surface area contributed by atoms with Gasteiger partial charge in [0.05, 0.1) is 18.2 Å². The van der Waals surface area contributed by atoms with E-state index >= 15 is 0 Å². The highest BCUT2D eigenvalue weighted by Crippen LogP contribution is 2.32. The number of benzene rings is 2. The fourth-order valence-electron chi connectivity index (χ4n) is 3.26. The van der Waals surface area contributed by atoms with Crippen molar-refractivity contribution in [1.29, 1.82) is 0 Å². The molecule has 1 aliphatic rings. The lowest BCUT2D eigenvalue weighted by Crippen LogP contribution is -2.46. The maximum Gasteiger partial charge on any atom is 0.338 e. The Morgan fingerprint density at radius 2 is 1.87 bits per heavy atom. The van der Waals surface area contributed by atoms with E-state index in [-0.39, 0.29) is 12.5 Å². The van der Waals surface area contributed by atoms with Crippen molar-refractivity contribution in [2.45, 2.75) is 26.8 Å². The topological polar surface area (TPSA) is 70.7 Å². The Labute approximate surface area is 181 Å². The van der Waals surface area contributed by atoms with Crippen LogP contribution in [0.25, 0.3) is 0 Å². The largest absolute Gasteiger partial charge is 0.463 e. The Bertz CT molecular complexity index is 1010. The van der Waals surface area contributed by atoms with Crippen LogP contribution in [0.4, 0.5) is 5.69 Å². The average Bonchev–Trinajstić information content (AvgIpc) is 2.72. The van der Waals surface area contributed by atoms with Gasteiger partial charge in [-0.1, -0.05) is 29.8 Å². The molecule has 0 aliphatic carbocycles. The molecule has 0 saturated carbocycles. The Balaban J connectivity index is 1.91. The molecule has 0 saturated heterocycles. The van der Waals surface area contributed by atoms with E-state index in [0.29, 0.717) is 21.9 Å². The first-order chi connectivity index (χ1) is 14.3. The smallest absolute Gasteiger partial charge is 0.338 e. The van der Waals surface area contributed by atoms with Gasteiger partial charge in [-0.25, -0.2) is 4.79 Å². The fraction of sp³-hybridized carbons (Fsp3) is 0.261. The van der Waals surface area contributed by atoms with Crippen LogP contribution in [0, 0.1) is 6.92 Å². The number of nitrogens with zero attached hydrogens (tertiary/aromatic N) is 1. The van der Waals surface area contributed by atoms with E-state index in [9.17, 15) is 9.59 Å². The van der Waals surface area contributed by atoms with Crippen molar-refractivity contribution < 1.29 is 14.3 Å². The molecule has 0 fully saturated rings. The summed E-state index contributed by atoms with van der Waals surface area (Å²) in [4.78, 5) is 27.0. The van der Waals surface area contributed by atoms with Gasteiger partial charge < -0.3 is 20.3 Å². The zero-order valence-electron chi connectivity index (χ0n) is 17.5. The third kappa shape index (κ3) is 4.52. The molecule has 0 aromatic heterocycles. The van der Waals surface area contributed by atoms with Gasteiger partial charge in [-0.3, -0.25) is 4.79 Å². The van der Waals surface area contributed by atoms with Crippen LogP contribution in [-0.4, -0.2) is 35.5 Å². The monoisotopic (exact) mass is 423 g/mol. The second kappa shape index (κ2) is 9.09. The van der Waals surface area contributed by atoms with Crippen LogP contribution in [0.3, 0.4) is 0 Å². The summed E-state index contributed by atoms with van der Waals surface area (Å²) in [6.07, 6.45) is 0. The van der Waals surface area contributed by atoms with Crippen molar-refractivity contribution in [2.75, 3.05) is 19.0 Å². The molecule has 0 radical (unpaired) electrons. The first kappa shape index (κ1) is 21.5. The molecule has 2 aromatic rings. The maximum absolute atomic E-state index is 12.7. The van der Waals surface area contributed by atoms with Crippen molar-refractivity contribution in [2.24, 2.45) is 0 Å². The first-order valence-corrected chi connectivity index (χ1v) is 10.1. The Morgan fingerprint density at radius 3 is 2.53 bits per heavy atom. The molecular formula is C23H25N3O3S. The van der Waals surface area contributed by atoms with Crippen LogP contribution in [0.1, 0.15) is 41.4 Å². The van der Waals surface area contributed by atoms with Crippen molar-refractivity contribution in [3.05, 3.63) is 76.5 Å². The summed E-state index contributed by atoms with van der Waals surface area (Å²) in [6, 6.07) is 14.3. The van der Waals surface area contributed by atoms with E-state index in [0.717, 1.165) is 16.8 Å². The number of aryl methyl sites for hydroxylation is 1. The zero-order chi connectivity index (χ0) is 21.8. The minimum absolute atomic E-state index is 0.198. The van der Waals surface area contributed by atoms with Crippen LogP contribution in [-0.2, 0) is 9.53 Å². The summed E-state index contributed by atoms with van der Waals surface area (Å²) in [5, 5.41) is 6.64. The number of carbonyl (C=O) groups excluding carboxylic acids is 2. The number of nitrogens with one attached hydrogen (secondary N) is 2. The summed E-state index contributed by atoms with van der Waals surface area (Å²) < 4.78 is 5.27. The molecule has 2 N–H and O–H groups in total. The van der Waals surface area contributed by atoms with Gasteiger partial charge in [0.2, 0.25) is 0 Å². The van der Waals surface area contributed by atoms with Gasteiger partial charge >= 0.3 is 5.97 Å². The van der Waals surface area contributed by atoms with Crippen molar-refractivity contribution >= 4 is 34.9 Å². The van der Waals surface area contributed by atoms with Crippen molar-refractivity contribution in [1.82, 2.24) is 10.2 Å². The van der Waals surface area contributed by atoms with Crippen LogP contribution >= 0.6 is 12.2 Å². The molecular weight excluding hydrogens is 398 g/mol. The van der Waals surface area contributed by atoms with Crippen LogP contribution in [0.15, 0.2) is 59.8 Å². The van der Waals surface area contributed by atoms with E-state index < -0.39 is 12.0 Å². The van der Waals surface area contributed by atoms with Crippen molar-refractivity contribution in [3.8, 4) is 0 Å². The van der Waals surface area contributed by atoms with Crippen LogP contribution in [0.5, 0.6) is 0 Å². The number of allylic oxidation sites excluding steroid dienone is 1. The molecule has 1 heterocycles. The summed E-state index contributed by atoms with van der Waals surface area (Å²) >= 11 is 5.42. The number of ether oxygens (including phenoxy) is 1. The summed E-state index contributed by atoms with van der Waals surface area (Å²) in [7, 11) is 1.80. The fourth-order valence-corrected chi connectivity index (χ4v) is 3.52. The molecule has 0 spiro atoms. The quantitative estimate of drug-likeness (QED) is 0.561. The second-order valence-electron chi connectivity index (χ2n) is 7.11. The number of anilines is 1. The van der Waals surface area contributed by atoms with Crippen LogP contribution < -0.4 is 10.6 Å². The highest BCUT2D eigenvalue weighted by atomic mass is 32.1. The number of hydrogen-bond donors (Lipinski definition) is 2. The third-order valence-electron chi connectivity index (χ3n) is 5.04. The summed E-state index contributed by atoms with van der Waals surface area (Å²) in [6.45, 7) is 5.87. The van der Waals surface area contributed by atoms with Crippen LogP contribution in [0.2, 0.25) is 0 Å². The number of carbonyl (C=O) groups is 2. The molecule has 30 heavy (non-hydrogen) atoms. The molecule has 1 atom stereocenters. The predicted molar refractivity (Wildman–Crippen MR) is 121 cm³/mol. The lowest BCUT2D eigenvalue weighted by atomic mass is 9.95. The molecule has 6 nitrogen and oxygen atoms in total. The molecule has 0 unspecified atom stereocenters.